The number of sulfonamides is 1. The van der Waals surface area contributed by atoms with Gasteiger partial charge in [0.05, 0.1) is 22.2 Å². The molecule has 1 aromatic carbocycles. The van der Waals surface area contributed by atoms with Gasteiger partial charge in [0, 0.05) is 19.1 Å². The first-order valence-electron chi connectivity index (χ1n) is 10.7. The van der Waals surface area contributed by atoms with E-state index < -0.39 is 10.0 Å². The third-order valence-electron chi connectivity index (χ3n) is 6.01. The summed E-state index contributed by atoms with van der Waals surface area (Å²) in [6.45, 7) is 1.35. The van der Waals surface area contributed by atoms with Gasteiger partial charge >= 0.3 is 0 Å². The Morgan fingerprint density at radius 1 is 1.10 bits per heavy atom. The number of nitrogens with zero attached hydrogens (tertiary/aromatic N) is 2. The van der Waals surface area contributed by atoms with Crippen molar-refractivity contribution in [2.75, 3.05) is 32.0 Å². The van der Waals surface area contributed by atoms with Gasteiger partial charge in [-0.2, -0.15) is 4.31 Å². The van der Waals surface area contributed by atoms with E-state index in [2.05, 4.69) is 10.2 Å². The number of benzene rings is 1. The molecule has 3 rings (SSSR count). The largest absolute Gasteiger partial charge is 0.324 e. The van der Waals surface area contributed by atoms with Gasteiger partial charge in [0.2, 0.25) is 15.9 Å². The minimum absolute atomic E-state index is 0.177. The van der Waals surface area contributed by atoms with Crippen LogP contribution in [-0.4, -0.2) is 56.3 Å². The number of rotatable bonds is 6. The maximum atomic E-state index is 13.0. The summed E-state index contributed by atoms with van der Waals surface area (Å²) >= 11 is 6.25. The number of likely N-dealkylation sites (N-methyl/N-ethyl adjacent to an activating group) is 1. The fourth-order valence-electron chi connectivity index (χ4n) is 4.26. The molecule has 1 aliphatic carbocycles. The second kappa shape index (κ2) is 10.2. The van der Waals surface area contributed by atoms with Crippen molar-refractivity contribution < 1.29 is 13.2 Å². The highest BCUT2D eigenvalue weighted by atomic mass is 35.5. The zero-order chi connectivity index (χ0) is 20.9. The van der Waals surface area contributed by atoms with E-state index in [0.29, 0.717) is 29.8 Å². The molecule has 0 atom stereocenters. The van der Waals surface area contributed by atoms with Gasteiger partial charge in [-0.3, -0.25) is 9.69 Å². The number of hydrogen-bond acceptors (Lipinski definition) is 4. The van der Waals surface area contributed by atoms with Gasteiger partial charge in [-0.25, -0.2) is 8.42 Å². The van der Waals surface area contributed by atoms with Gasteiger partial charge in [0.25, 0.3) is 0 Å². The quantitative estimate of drug-likeness (QED) is 0.721. The lowest BCUT2D eigenvalue weighted by Crippen LogP contribution is -2.39. The van der Waals surface area contributed by atoms with Crippen LogP contribution in [0.4, 0.5) is 5.69 Å². The van der Waals surface area contributed by atoms with Crippen molar-refractivity contribution in [2.24, 2.45) is 0 Å². The molecule has 1 N–H and O–H groups in total. The van der Waals surface area contributed by atoms with Gasteiger partial charge in [-0.1, -0.05) is 43.7 Å². The minimum atomic E-state index is -3.59. The molecule has 1 aromatic rings. The Kier molecular flexibility index (Phi) is 7.96. The van der Waals surface area contributed by atoms with Crippen LogP contribution in [0, 0.1) is 0 Å². The molecule has 0 radical (unpaired) electrons. The van der Waals surface area contributed by atoms with Crippen LogP contribution in [0.3, 0.4) is 0 Å². The molecule has 1 saturated heterocycles. The third-order valence-corrected chi connectivity index (χ3v) is 8.23. The Hall–Kier alpha value is -1.15. The molecule has 0 bridgehead atoms. The van der Waals surface area contributed by atoms with E-state index in [-0.39, 0.29) is 17.3 Å². The van der Waals surface area contributed by atoms with Crippen molar-refractivity contribution >= 4 is 33.2 Å². The zero-order valence-corrected chi connectivity index (χ0v) is 18.8. The van der Waals surface area contributed by atoms with Crippen LogP contribution in [0.5, 0.6) is 0 Å². The smallest absolute Gasteiger partial charge is 0.243 e. The molecular formula is C21H32ClN3O3S. The molecule has 2 fully saturated rings. The molecule has 1 aliphatic heterocycles. The van der Waals surface area contributed by atoms with Crippen molar-refractivity contribution in [3.8, 4) is 0 Å². The Bertz CT molecular complexity index is 801. The SMILES string of the molecule is CN(CC(=O)Nc1cc(S(=O)(=O)N2CCCCCC2)ccc1Cl)C1CCCCC1. The summed E-state index contributed by atoms with van der Waals surface area (Å²) in [6, 6.07) is 4.99. The molecule has 2 aliphatic rings. The van der Waals surface area contributed by atoms with Crippen molar-refractivity contribution in [3.05, 3.63) is 23.2 Å². The molecule has 162 valence electrons. The van der Waals surface area contributed by atoms with E-state index in [9.17, 15) is 13.2 Å². The average Bonchev–Trinajstić information content (AvgIpc) is 3.00. The second-order valence-corrected chi connectivity index (χ2v) is 10.6. The summed E-state index contributed by atoms with van der Waals surface area (Å²) < 4.78 is 27.6. The molecule has 1 heterocycles. The highest BCUT2D eigenvalue weighted by Gasteiger charge is 2.26. The molecule has 6 nitrogen and oxygen atoms in total. The van der Waals surface area contributed by atoms with Crippen LogP contribution in [0.2, 0.25) is 5.02 Å². The van der Waals surface area contributed by atoms with E-state index in [1.807, 2.05) is 7.05 Å². The number of carbonyl (C=O) groups is 1. The standard InChI is InChI=1S/C21H32ClN3O3S/c1-24(17-9-5-4-6-10-17)16-21(26)23-20-15-18(11-12-19(20)22)29(27,28)25-13-7-2-3-8-14-25/h11-12,15,17H,2-10,13-14,16H2,1H3,(H,23,26). The highest BCUT2D eigenvalue weighted by molar-refractivity contribution is 7.89. The summed E-state index contributed by atoms with van der Waals surface area (Å²) in [4.78, 5) is 14.8. The normalized spacial score (nSPS) is 19.8. The van der Waals surface area contributed by atoms with Crippen molar-refractivity contribution in [2.45, 2.75) is 68.7 Å². The molecule has 0 aromatic heterocycles. The predicted molar refractivity (Wildman–Crippen MR) is 117 cm³/mol. The Morgan fingerprint density at radius 3 is 2.38 bits per heavy atom. The fourth-order valence-corrected chi connectivity index (χ4v) is 5.97. The first-order valence-corrected chi connectivity index (χ1v) is 12.5. The van der Waals surface area contributed by atoms with Crippen molar-refractivity contribution in [1.82, 2.24) is 9.21 Å². The Morgan fingerprint density at radius 2 is 1.72 bits per heavy atom. The van der Waals surface area contributed by atoms with Crippen LogP contribution in [0.25, 0.3) is 0 Å². The van der Waals surface area contributed by atoms with Crippen LogP contribution in [0.1, 0.15) is 57.8 Å². The van der Waals surface area contributed by atoms with Crippen LogP contribution in [-0.2, 0) is 14.8 Å². The third kappa shape index (κ3) is 5.94. The monoisotopic (exact) mass is 441 g/mol. The molecule has 29 heavy (non-hydrogen) atoms. The summed E-state index contributed by atoms with van der Waals surface area (Å²) in [5.41, 5.74) is 0.351. The van der Waals surface area contributed by atoms with Crippen molar-refractivity contribution in [3.63, 3.8) is 0 Å². The van der Waals surface area contributed by atoms with Crippen LogP contribution in [0.15, 0.2) is 23.1 Å². The summed E-state index contributed by atoms with van der Waals surface area (Å²) in [6.07, 6.45) is 9.79. The summed E-state index contributed by atoms with van der Waals surface area (Å²) in [5.74, 6) is -0.177. The number of halogens is 1. The minimum Gasteiger partial charge on any atom is -0.324 e. The van der Waals surface area contributed by atoms with Gasteiger partial charge in [0.15, 0.2) is 0 Å². The van der Waals surface area contributed by atoms with E-state index in [4.69, 9.17) is 11.6 Å². The van der Waals surface area contributed by atoms with Crippen LogP contribution >= 0.6 is 11.6 Å². The van der Waals surface area contributed by atoms with Crippen molar-refractivity contribution in [1.29, 1.82) is 0 Å². The molecular weight excluding hydrogens is 410 g/mol. The van der Waals surface area contributed by atoms with Gasteiger partial charge in [-0.05, 0) is 50.9 Å². The maximum absolute atomic E-state index is 13.0. The first kappa shape index (κ1) is 22.5. The Labute approximate surface area is 179 Å². The van der Waals surface area contributed by atoms with E-state index in [1.165, 1.54) is 31.4 Å². The topological polar surface area (TPSA) is 69.7 Å². The number of amides is 1. The van der Waals surface area contributed by atoms with Gasteiger partial charge in [0.1, 0.15) is 0 Å². The molecule has 1 saturated carbocycles. The van der Waals surface area contributed by atoms with Gasteiger partial charge < -0.3 is 5.32 Å². The average molecular weight is 442 g/mol. The molecule has 1 amide bonds. The highest BCUT2D eigenvalue weighted by Crippen LogP contribution is 2.28. The molecule has 8 heteroatoms. The lowest BCUT2D eigenvalue weighted by atomic mass is 9.94. The maximum Gasteiger partial charge on any atom is 0.243 e. The van der Waals surface area contributed by atoms with E-state index in [1.54, 1.807) is 10.4 Å². The first-order chi connectivity index (χ1) is 13.9. The predicted octanol–water partition coefficient (Wildman–Crippen LogP) is 4.11. The van der Waals surface area contributed by atoms with Gasteiger partial charge in [-0.15, -0.1) is 0 Å². The van der Waals surface area contributed by atoms with Crippen LogP contribution < -0.4 is 5.32 Å². The lowest BCUT2D eigenvalue weighted by Gasteiger charge is -2.30. The number of anilines is 1. The van der Waals surface area contributed by atoms with E-state index >= 15 is 0 Å². The lowest BCUT2D eigenvalue weighted by molar-refractivity contribution is -0.117. The number of nitrogens with one attached hydrogen (secondary N) is 1. The fraction of sp³-hybridized carbons (Fsp3) is 0.667. The Balaban J connectivity index is 1.69. The number of hydrogen-bond donors (Lipinski definition) is 1. The summed E-state index contributed by atoms with van der Waals surface area (Å²) in [5, 5.41) is 3.15. The second-order valence-electron chi connectivity index (χ2n) is 8.22. The molecule has 0 spiro atoms. The molecule has 0 unspecified atom stereocenters. The van der Waals surface area contributed by atoms with E-state index in [0.717, 1.165) is 38.5 Å². The number of carbonyl (C=O) groups excluding carboxylic acids is 1. The zero-order valence-electron chi connectivity index (χ0n) is 17.2. The summed E-state index contributed by atoms with van der Waals surface area (Å²) in [7, 11) is -1.62.